The van der Waals surface area contributed by atoms with Gasteiger partial charge in [0.05, 0.1) is 0 Å². The molecule has 2 rings (SSSR count). The monoisotopic (exact) mass is 263 g/mol. The zero-order valence-electron chi connectivity index (χ0n) is 12.5. The molecule has 5 nitrogen and oxygen atoms in total. The number of anilines is 2. The average Bonchev–Trinajstić information content (AvgIpc) is 2.46. The standard InChI is InChI=1S/C14H25N5/c1-5-18-6-8-19(9-7-18)13-10-12(15-4)16-14(17-13)11(2)3/h10-11H,5-9H2,1-4H3,(H,15,16,17). The molecule has 1 aliphatic rings. The predicted octanol–water partition coefficient (Wildman–Crippen LogP) is 1.78. The van der Waals surface area contributed by atoms with Crippen LogP contribution in [0, 0.1) is 0 Å². The van der Waals surface area contributed by atoms with Crippen LogP contribution in [0.25, 0.3) is 0 Å². The topological polar surface area (TPSA) is 44.3 Å². The van der Waals surface area contributed by atoms with Gasteiger partial charge >= 0.3 is 0 Å². The van der Waals surface area contributed by atoms with Crippen LogP contribution in [-0.4, -0.2) is 54.6 Å². The molecule has 1 aromatic rings. The lowest BCUT2D eigenvalue weighted by atomic mass is 10.2. The van der Waals surface area contributed by atoms with Gasteiger partial charge in [0.2, 0.25) is 0 Å². The Morgan fingerprint density at radius 2 is 1.89 bits per heavy atom. The summed E-state index contributed by atoms with van der Waals surface area (Å²) in [5, 5.41) is 3.13. The van der Waals surface area contributed by atoms with E-state index < -0.39 is 0 Å². The minimum Gasteiger partial charge on any atom is -0.373 e. The maximum absolute atomic E-state index is 4.71. The van der Waals surface area contributed by atoms with Crippen molar-refractivity contribution in [1.29, 1.82) is 0 Å². The van der Waals surface area contributed by atoms with E-state index in [0.717, 1.165) is 50.2 Å². The molecule has 0 saturated carbocycles. The largest absolute Gasteiger partial charge is 0.373 e. The van der Waals surface area contributed by atoms with E-state index in [2.05, 4.69) is 40.9 Å². The highest BCUT2D eigenvalue weighted by molar-refractivity contribution is 5.49. The Balaban J connectivity index is 2.17. The first-order valence-corrected chi connectivity index (χ1v) is 7.18. The summed E-state index contributed by atoms with van der Waals surface area (Å²) in [6.07, 6.45) is 0. The third-order valence-electron chi connectivity index (χ3n) is 3.65. The molecular formula is C14H25N5. The van der Waals surface area contributed by atoms with Crippen LogP contribution in [0.3, 0.4) is 0 Å². The predicted molar refractivity (Wildman–Crippen MR) is 80.0 cm³/mol. The van der Waals surface area contributed by atoms with E-state index in [1.807, 2.05) is 13.1 Å². The van der Waals surface area contributed by atoms with Gasteiger partial charge in [-0.25, -0.2) is 9.97 Å². The van der Waals surface area contributed by atoms with Crippen LogP contribution in [0.2, 0.25) is 0 Å². The second-order valence-corrected chi connectivity index (χ2v) is 5.30. The third-order valence-corrected chi connectivity index (χ3v) is 3.65. The average molecular weight is 263 g/mol. The molecule has 5 heteroatoms. The lowest BCUT2D eigenvalue weighted by Gasteiger charge is -2.35. The summed E-state index contributed by atoms with van der Waals surface area (Å²) in [5.74, 6) is 3.23. The van der Waals surface area contributed by atoms with Crippen molar-refractivity contribution in [3.63, 3.8) is 0 Å². The Kier molecular flexibility index (Phi) is 4.58. The molecule has 1 aliphatic heterocycles. The highest BCUT2D eigenvalue weighted by Gasteiger charge is 2.18. The van der Waals surface area contributed by atoms with Gasteiger partial charge in [0.25, 0.3) is 0 Å². The molecule has 0 bridgehead atoms. The van der Waals surface area contributed by atoms with Gasteiger partial charge in [-0.2, -0.15) is 0 Å². The maximum Gasteiger partial charge on any atom is 0.135 e. The van der Waals surface area contributed by atoms with Gasteiger partial charge in [0.1, 0.15) is 17.5 Å². The Bertz CT molecular complexity index is 410. The molecule has 106 valence electrons. The smallest absolute Gasteiger partial charge is 0.135 e. The summed E-state index contributed by atoms with van der Waals surface area (Å²) < 4.78 is 0. The molecule has 0 unspecified atom stereocenters. The van der Waals surface area contributed by atoms with Gasteiger partial charge < -0.3 is 15.1 Å². The minimum atomic E-state index is 0.351. The van der Waals surface area contributed by atoms with E-state index >= 15 is 0 Å². The molecule has 0 amide bonds. The van der Waals surface area contributed by atoms with Crippen LogP contribution >= 0.6 is 0 Å². The number of aromatic nitrogens is 2. The quantitative estimate of drug-likeness (QED) is 0.897. The molecule has 0 spiro atoms. The molecule has 1 saturated heterocycles. The lowest BCUT2D eigenvalue weighted by Crippen LogP contribution is -2.46. The Labute approximate surface area is 116 Å². The number of rotatable bonds is 4. The number of likely N-dealkylation sites (N-methyl/N-ethyl adjacent to an activating group) is 1. The minimum absolute atomic E-state index is 0.351. The van der Waals surface area contributed by atoms with Gasteiger partial charge in [0, 0.05) is 45.2 Å². The molecule has 0 aromatic carbocycles. The first-order valence-electron chi connectivity index (χ1n) is 7.18. The van der Waals surface area contributed by atoms with E-state index in [4.69, 9.17) is 4.98 Å². The zero-order valence-corrected chi connectivity index (χ0v) is 12.5. The van der Waals surface area contributed by atoms with E-state index in [-0.39, 0.29) is 0 Å². The van der Waals surface area contributed by atoms with Crippen LogP contribution in [0.15, 0.2) is 6.07 Å². The van der Waals surface area contributed by atoms with Gasteiger partial charge in [-0.05, 0) is 6.54 Å². The van der Waals surface area contributed by atoms with Crippen molar-refractivity contribution in [2.45, 2.75) is 26.7 Å². The first kappa shape index (κ1) is 14.1. The van der Waals surface area contributed by atoms with Crippen molar-refractivity contribution >= 4 is 11.6 Å². The molecule has 1 aromatic heterocycles. The van der Waals surface area contributed by atoms with Gasteiger partial charge in [-0.1, -0.05) is 20.8 Å². The van der Waals surface area contributed by atoms with E-state index in [1.54, 1.807) is 0 Å². The van der Waals surface area contributed by atoms with Crippen LogP contribution in [0.4, 0.5) is 11.6 Å². The molecule has 0 radical (unpaired) electrons. The number of piperazine rings is 1. The molecule has 0 atom stereocenters. The fraction of sp³-hybridized carbons (Fsp3) is 0.714. The molecule has 0 aliphatic carbocycles. The Morgan fingerprint density at radius 1 is 1.21 bits per heavy atom. The second-order valence-electron chi connectivity index (χ2n) is 5.30. The highest BCUT2D eigenvalue weighted by atomic mass is 15.3. The molecule has 1 N–H and O–H groups in total. The van der Waals surface area contributed by atoms with Crippen molar-refractivity contribution in [1.82, 2.24) is 14.9 Å². The summed E-state index contributed by atoms with van der Waals surface area (Å²) in [5.41, 5.74) is 0. The van der Waals surface area contributed by atoms with Crippen molar-refractivity contribution in [3.05, 3.63) is 11.9 Å². The van der Waals surface area contributed by atoms with E-state index in [1.165, 1.54) is 0 Å². The zero-order chi connectivity index (χ0) is 13.8. The fourth-order valence-electron chi connectivity index (χ4n) is 2.29. The molecule has 1 fully saturated rings. The summed E-state index contributed by atoms with van der Waals surface area (Å²) in [6.45, 7) is 11.9. The Morgan fingerprint density at radius 3 is 2.42 bits per heavy atom. The van der Waals surface area contributed by atoms with Crippen LogP contribution < -0.4 is 10.2 Å². The fourth-order valence-corrected chi connectivity index (χ4v) is 2.29. The lowest BCUT2D eigenvalue weighted by molar-refractivity contribution is 0.270. The van der Waals surface area contributed by atoms with Crippen LogP contribution in [-0.2, 0) is 0 Å². The van der Waals surface area contributed by atoms with Crippen molar-refractivity contribution in [2.24, 2.45) is 0 Å². The second kappa shape index (κ2) is 6.19. The van der Waals surface area contributed by atoms with Crippen molar-refractivity contribution < 1.29 is 0 Å². The first-order chi connectivity index (χ1) is 9.13. The van der Waals surface area contributed by atoms with Gasteiger partial charge in [0.15, 0.2) is 0 Å². The number of hydrogen-bond donors (Lipinski definition) is 1. The van der Waals surface area contributed by atoms with E-state index in [0.29, 0.717) is 5.92 Å². The summed E-state index contributed by atoms with van der Waals surface area (Å²) in [4.78, 5) is 14.1. The summed E-state index contributed by atoms with van der Waals surface area (Å²) in [6, 6.07) is 2.05. The third kappa shape index (κ3) is 3.35. The SMILES string of the molecule is CCN1CCN(c2cc(NC)nc(C(C)C)n2)CC1. The van der Waals surface area contributed by atoms with E-state index in [9.17, 15) is 0 Å². The highest BCUT2D eigenvalue weighted by Crippen LogP contribution is 2.20. The van der Waals surface area contributed by atoms with Crippen LogP contribution in [0.1, 0.15) is 32.5 Å². The molecule has 19 heavy (non-hydrogen) atoms. The molecular weight excluding hydrogens is 238 g/mol. The Hall–Kier alpha value is -1.36. The molecule has 2 heterocycles. The van der Waals surface area contributed by atoms with Crippen molar-refractivity contribution in [2.75, 3.05) is 50.0 Å². The number of hydrogen-bond acceptors (Lipinski definition) is 5. The summed E-state index contributed by atoms with van der Waals surface area (Å²) >= 11 is 0. The van der Waals surface area contributed by atoms with Gasteiger partial charge in [-0.3, -0.25) is 0 Å². The van der Waals surface area contributed by atoms with Crippen molar-refractivity contribution in [3.8, 4) is 0 Å². The normalized spacial score (nSPS) is 17.0. The van der Waals surface area contributed by atoms with Gasteiger partial charge in [-0.15, -0.1) is 0 Å². The number of nitrogens with one attached hydrogen (secondary N) is 1. The maximum atomic E-state index is 4.71. The summed E-state index contributed by atoms with van der Waals surface area (Å²) in [7, 11) is 1.91. The number of nitrogens with zero attached hydrogens (tertiary/aromatic N) is 4. The van der Waals surface area contributed by atoms with Crippen LogP contribution in [0.5, 0.6) is 0 Å².